The van der Waals surface area contributed by atoms with Crippen molar-refractivity contribution in [1.82, 2.24) is 15.0 Å². The first kappa shape index (κ1) is 12.3. The third kappa shape index (κ3) is 1.82. The van der Waals surface area contributed by atoms with Crippen LogP contribution in [0.3, 0.4) is 0 Å². The molecule has 0 unspecified atom stereocenters. The van der Waals surface area contributed by atoms with Gasteiger partial charge >= 0.3 is 0 Å². The van der Waals surface area contributed by atoms with Gasteiger partial charge in [0.25, 0.3) is 0 Å². The third-order valence-electron chi connectivity index (χ3n) is 4.03. The summed E-state index contributed by atoms with van der Waals surface area (Å²) in [4.78, 5) is 13.5. The molecule has 0 atom stereocenters. The van der Waals surface area contributed by atoms with E-state index < -0.39 is 0 Å². The number of pyridine rings is 3. The van der Waals surface area contributed by atoms with Gasteiger partial charge < -0.3 is 4.42 Å². The lowest BCUT2D eigenvalue weighted by molar-refractivity contribution is 0.668. The Morgan fingerprint density at radius 1 is 0.739 bits per heavy atom. The van der Waals surface area contributed by atoms with Crippen LogP contribution in [0.1, 0.15) is 0 Å². The number of furan rings is 1. The van der Waals surface area contributed by atoms with Gasteiger partial charge in [0.15, 0.2) is 0 Å². The van der Waals surface area contributed by atoms with Crippen LogP contribution in [-0.2, 0) is 0 Å². The molecule has 0 amide bonds. The largest absolute Gasteiger partial charge is 0.456 e. The molecular formula is C19H11N3O. The Balaban J connectivity index is 1.81. The molecule has 0 aliphatic carbocycles. The third-order valence-corrected chi connectivity index (χ3v) is 4.03. The van der Waals surface area contributed by atoms with Crippen molar-refractivity contribution in [3.63, 3.8) is 0 Å². The fourth-order valence-electron chi connectivity index (χ4n) is 2.94. The van der Waals surface area contributed by atoms with Crippen molar-refractivity contribution in [3.8, 4) is 11.4 Å². The fraction of sp³-hybridized carbons (Fsp3) is 0. The van der Waals surface area contributed by atoms with Gasteiger partial charge in [0.05, 0.1) is 11.2 Å². The van der Waals surface area contributed by atoms with E-state index in [1.807, 2.05) is 54.7 Å². The van der Waals surface area contributed by atoms with E-state index in [4.69, 9.17) is 4.42 Å². The summed E-state index contributed by atoms with van der Waals surface area (Å²) in [5.74, 6) is 0. The normalized spacial score (nSPS) is 11.5. The van der Waals surface area contributed by atoms with Crippen molar-refractivity contribution in [2.75, 3.05) is 0 Å². The zero-order valence-electron chi connectivity index (χ0n) is 12.1. The van der Waals surface area contributed by atoms with Crippen molar-refractivity contribution < 1.29 is 4.42 Å². The van der Waals surface area contributed by atoms with Crippen LogP contribution in [0.4, 0.5) is 0 Å². The van der Waals surface area contributed by atoms with Crippen molar-refractivity contribution in [2.24, 2.45) is 0 Å². The van der Waals surface area contributed by atoms with Gasteiger partial charge in [-0.15, -0.1) is 0 Å². The zero-order valence-corrected chi connectivity index (χ0v) is 12.1. The second-order valence-electron chi connectivity index (χ2n) is 5.40. The Kier molecular flexibility index (Phi) is 2.46. The number of rotatable bonds is 1. The summed E-state index contributed by atoms with van der Waals surface area (Å²) in [6, 6.07) is 15.8. The number of nitrogens with zero attached hydrogens (tertiary/aromatic N) is 3. The van der Waals surface area contributed by atoms with Gasteiger partial charge in [0.1, 0.15) is 16.9 Å². The second kappa shape index (κ2) is 4.61. The summed E-state index contributed by atoms with van der Waals surface area (Å²) in [7, 11) is 0. The molecule has 1 aromatic carbocycles. The Hall–Kier alpha value is -3.27. The predicted octanol–water partition coefficient (Wildman–Crippen LogP) is 4.59. The molecule has 108 valence electrons. The van der Waals surface area contributed by atoms with Crippen LogP contribution >= 0.6 is 0 Å². The van der Waals surface area contributed by atoms with Crippen LogP contribution in [0.2, 0.25) is 0 Å². The fourth-order valence-corrected chi connectivity index (χ4v) is 2.94. The summed E-state index contributed by atoms with van der Waals surface area (Å²) in [6.07, 6.45) is 5.40. The van der Waals surface area contributed by atoms with Crippen LogP contribution in [0.25, 0.3) is 44.2 Å². The molecule has 4 nitrogen and oxygen atoms in total. The van der Waals surface area contributed by atoms with Gasteiger partial charge in [0, 0.05) is 40.8 Å². The molecule has 4 heterocycles. The average molecular weight is 297 g/mol. The minimum absolute atomic E-state index is 0.765. The molecule has 0 spiro atoms. The van der Waals surface area contributed by atoms with Gasteiger partial charge in [-0.05, 0) is 18.2 Å². The topological polar surface area (TPSA) is 51.8 Å². The summed E-state index contributed by atoms with van der Waals surface area (Å²) in [5.41, 5.74) is 4.06. The number of benzene rings is 1. The first-order chi connectivity index (χ1) is 11.4. The van der Waals surface area contributed by atoms with E-state index in [0.717, 1.165) is 44.2 Å². The van der Waals surface area contributed by atoms with Crippen molar-refractivity contribution in [3.05, 3.63) is 67.1 Å². The molecule has 5 aromatic rings. The van der Waals surface area contributed by atoms with Crippen molar-refractivity contribution in [2.45, 2.75) is 0 Å². The van der Waals surface area contributed by atoms with E-state index in [-0.39, 0.29) is 0 Å². The molecule has 5 rings (SSSR count). The van der Waals surface area contributed by atoms with Crippen LogP contribution in [0, 0.1) is 0 Å². The summed E-state index contributed by atoms with van der Waals surface area (Å²) >= 11 is 0. The maximum absolute atomic E-state index is 5.94. The Morgan fingerprint density at radius 3 is 2.70 bits per heavy atom. The number of para-hydroxylation sites is 1. The molecular weight excluding hydrogens is 286 g/mol. The first-order valence-corrected chi connectivity index (χ1v) is 7.37. The van der Waals surface area contributed by atoms with Gasteiger partial charge in [-0.3, -0.25) is 15.0 Å². The maximum Gasteiger partial charge on any atom is 0.139 e. The molecule has 0 aliphatic heterocycles. The van der Waals surface area contributed by atoms with E-state index in [1.165, 1.54) is 0 Å². The lowest BCUT2D eigenvalue weighted by Crippen LogP contribution is -1.90. The zero-order chi connectivity index (χ0) is 15.2. The summed E-state index contributed by atoms with van der Waals surface area (Å²) in [6.45, 7) is 0. The van der Waals surface area contributed by atoms with Crippen LogP contribution in [0.15, 0.2) is 71.5 Å². The quantitative estimate of drug-likeness (QED) is 0.454. The molecule has 0 saturated heterocycles. The van der Waals surface area contributed by atoms with Crippen LogP contribution in [-0.4, -0.2) is 15.0 Å². The SMILES string of the molecule is c1cnc2c(-c3cc4oc5ccccc5c4cn3)nccc2c1. The molecule has 23 heavy (non-hydrogen) atoms. The van der Waals surface area contributed by atoms with Gasteiger partial charge in [0.2, 0.25) is 0 Å². The average Bonchev–Trinajstić information content (AvgIpc) is 2.99. The molecule has 0 fully saturated rings. The van der Waals surface area contributed by atoms with Gasteiger partial charge in [-0.1, -0.05) is 24.3 Å². The maximum atomic E-state index is 5.94. The van der Waals surface area contributed by atoms with Crippen LogP contribution < -0.4 is 0 Å². The molecule has 0 bridgehead atoms. The monoisotopic (exact) mass is 297 g/mol. The van der Waals surface area contributed by atoms with E-state index in [9.17, 15) is 0 Å². The van der Waals surface area contributed by atoms with E-state index in [0.29, 0.717) is 0 Å². The predicted molar refractivity (Wildman–Crippen MR) is 90.0 cm³/mol. The van der Waals surface area contributed by atoms with Crippen LogP contribution in [0.5, 0.6) is 0 Å². The number of hydrogen-bond acceptors (Lipinski definition) is 4. The molecule has 0 radical (unpaired) electrons. The molecule has 4 aromatic heterocycles. The Morgan fingerprint density at radius 2 is 1.70 bits per heavy atom. The highest BCUT2D eigenvalue weighted by atomic mass is 16.3. The second-order valence-corrected chi connectivity index (χ2v) is 5.40. The van der Waals surface area contributed by atoms with Crippen molar-refractivity contribution >= 4 is 32.8 Å². The minimum atomic E-state index is 0.765. The van der Waals surface area contributed by atoms with E-state index in [1.54, 1.807) is 12.4 Å². The number of hydrogen-bond donors (Lipinski definition) is 0. The molecule has 0 N–H and O–H groups in total. The van der Waals surface area contributed by atoms with Crippen molar-refractivity contribution in [1.29, 1.82) is 0 Å². The molecule has 0 aliphatic rings. The Bertz CT molecular complexity index is 1170. The van der Waals surface area contributed by atoms with Gasteiger partial charge in [-0.2, -0.15) is 0 Å². The molecule has 0 saturated carbocycles. The summed E-state index contributed by atoms with van der Waals surface area (Å²) in [5, 5.41) is 3.13. The minimum Gasteiger partial charge on any atom is -0.456 e. The number of fused-ring (bicyclic) bond motifs is 4. The summed E-state index contributed by atoms with van der Waals surface area (Å²) < 4.78 is 5.94. The Labute approximate surface area is 131 Å². The highest BCUT2D eigenvalue weighted by Gasteiger charge is 2.12. The molecule has 4 heteroatoms. The lowest BCUT2D eigenvalue weighted by Gasteiger charge is -2.03. The highest BCUT2D eigenvalue weighted by molar-refractivity contribution is 6.05. The van der Waals surface area contributed by atoms with E-state index >= 15 is 0 Å². The number of aromatic nitrogens is 3. The lowest BCUT2D eigenvalue weighted by atomic mass is 10.1. The first-order valence-electron chi connectivity index (χ1n) is 7.37. The van der Waals surface area contributed by atoms with Gasteiger partial charge in [-0.25, -0.2) is 0 Å². The van der Waals surface area contributed by atoms with E-state index in [2.05, 4.69) is 15.0 Å². The standard InChI is InChI=1S/C19H11N3O/c1-2-6-16-13(5-1)14-11-22-15(10-17(14)23-16)19-18-12(7-9-21-19)4-3-8-20-18/h1-11H. The smallest absolute Gasteiger partial charge is 0.139 e. The highest BCUT2D eigenvalue weighted by Crippen LogP contribution is 2.31.